The summed E-state index contributed by atoms with van der Waals surface area (Å²) in [6.07, 6.45) is 1.01. The van der Waals surface area contributed by atoms with E-state index in [0.29, 0.717) is 5.92 Å². The van der Waals surface area contributed by atoms with Gasteiger partial charge in [-0.2, -0.15) is 0 Å². The Balaban J connectivity index is 1.87. The number of rotatable bonds is 3. The van der Waals surface area contributed by atoms with E-state index in [2.05, 4.69) is 52.2 Å². The maximum absolute atomic E-state index is 4.65. The molecule has 102 valence electrons. The highest BCUT2D eigenvalue weighted by Gasteiger charge is 2.12. The predicted octanol–water partition coefficient (Wildman–Crippen LogP) is 2.17. The number of nitrogens with one attached hydrogen (secondary N) is 2. The van der Waals surface area contributed by atoms with E-state index in [-0.39, 0.29) is 0 Å². The zero-order chi connectivity index (χ0) is 13.2. The molecule has 0 bridgehead atoms. The van der Waals surface area contributed by atoms with E-state index in [1.165, 1.54) is 5.69 Å². The van der Waals surface area contributed by atoms with Gasteiger partial charge < -0.3 is 15.2 Å². The summed E-state index contributed by atoms with van der Waals surface area (Å²) in [5.41, 5.74) is 3.54. The number of benzene rings is 1. The summed E-state index contributed by atoms with van der Waals surface area (Å²) in [7, 11) is 0. The number of nitrogens with zero attached hydrogens (tertiary/aromatic N) is 2. The lowest BCUT2D eigenvalue weighted by Crippen LogP contribution is -2.43. The summed E-state index contributed by atoms with van der Waals surface area (Å²) in [6, 6.07) is 6.55. The number of hydrogen-bond donors (Lipinski definition) is 2. The molecule has 0 radical (unpaired) electrons. The van der Waals surface area contributed by atoms with Crippen LogP contribution in [0.3, 0.4) is 0 Å². The molecule has 2 N–H and O–H groups in total. The van der Waals surface area contributed by atoms with Gasteiger partial charge in [0.25, 0.3) is 0 Å². The number of piperazine rings is 1. The number of fused-ring (bicyclic) bond motifs is 1. The Morgan fingerprint density at radius 1 is 1.26 bits per heavy atom. The second kappa shape index (κ2) is 5.21. The van der Waals surface area contributed by atoms with Crippen molar-refractivity contribution in [2.75, 3.05) is 31.1 Å². The highest BCUT2D eigenvalue weighted by Crippen LogP contribution is 2.21. The molecular formula is C15H22N4. The van der Waals surface area contributed by atoms with Crippen molar-refractivity contribution in [3.05, 3.63) is 24.0 Å². The molecule has 1 aromatic carbocycles. The van der Waals surface area contributed by atoms with E-state index in [0.717, 1.165) is 49.5 Å². The third kappa shape index (κ3) is 2.73. The predicted molar refractivity (Wildman–Crippen MR) is 79.7 cm³/mol. The Morgan fingerprint density at radius 3 is 2.79 bits per heavy atom. The lowest BCUT2D eigenvalue weighted by Gasteiger charge is -2.29. The smallest absolute Gasteiger partial charge is 0.107 e. The van der Waals surface area contributed by atoms with Gasteiger partial charge in [-0.3, -0.25) is 0 Å². The zero-order valence-corrected chi connectivity index (χ0v) is 11.7. The van der Waals surface area contributed by atoms with Crippen LogP contribution in [0.25, 0.3) is 11.0 Å². The van der Waals surface area contributed by atoms with Crippen molar-refractivity contribution < 1.29 is 0 Å². The van der Waals surface area contributed by atoms with E-state index in [9.17, 15) is 0 Å². The summed E-state index contributed by atoms with van der Waals surface area (Å²) < 4.78 is 0. The first kappa shape index (κ1) is 12.5. The minimum absolute atomic E-state index is 0.633. The molecule has 1 fully saturated rings. The number of aromatic nitrogens is 2. The summed E-state index contributed by atoms with van der Waals surface area (Å²) in [6.45, 7) is 8.74. The Bertz CT molecular complexity index is 552. The van der Waals surface area contributed by atoms with Crippen molar-refractivity contribution in [3.8, 4) is 0 Å². The van der Waals surface area contributed by atoms with Crippen LogP contribution in [-0.2, 0) is 6.42 Å². The molecule has 1 aromatic heterocycles. The zero-order valence-electron chi connectivity index (χ0n) is 11.7. The van der Waals surface area contributed by atoms with Gasteiger partial charge in [0.05, 0.1) is 11.0 Å². The average Bonchev–Trinajstić information content (AvgIpc) is 2.79. The highest BCUT2D eigenvalue weighted by molar-refractivity contribution is 5.79. The molecule has 0 spiro atoms. The van der Waals surface area contributed by atoms with Gasteiger partial charge in [-0.25, -0.2) is 4.98 Å². The van der Waals surface area contributed by atoms with E-state index in [1.54, 1.807) is 0 Å². The fraction of sp³-hybridized carbons (Fsp3) is 0.533. The van der Waals surface area contributed by atoms with Crippen molar-refractivity contribution in [1.29, 1.82) is 0 Å². The third-order valence-corrected chi connectivity index (χ3v) is 3.60. The minimum atomic E-state index is 0.633. The largest absolute Gasteiger partial charge is 0.369 e. The Hall–Kier alpha value is -1.55. The molecule has 4 nitrogen and oxygen atoms in total. The number of imidazole rings is 1. The first-order chi connectivity index (χ1) is 9.22. The topological polar surface area (TPSA) is 44.0 Å². The molecule has 2 heterocycles. The first-order valence-corrected chi connectivity index (χ1v) is 7.16. The summed E-state index contributed by atoms with van der Waals surface area (Å²) in [5, 5.41) is 3.39. The van der Waals surface area contributed by atoms with Gasteiger partial charge in [-0.15, -0.1) is 0 Å². The number of aromatic amines is 1. The van der Waals surface area contributed by atoms with Crippen LogP contribution in [0.1, 0.15) is 19.7 Å². The minimum Gasteiger partial charge on any atom is -0.369 e. The van der Waals surface area contributed by atoms with Crippen LogP contribution in [-0.4, -0.2) is 36.1 Å². The normalized spacial score (nSPS) is 16.5. The standard InChI is InChI=1S/C15H22N4/c1-11(2)9-15-17-13-4-3-12(10-14(13)18-15)19-7-5-16-6-8-19/h3-4,10-11,16H,5-9H2,1-2H3,(H,17,18). The molecule has 0 atom stereocenters. The Kier molecular flexibility index (Phi) is 3.42. The van der Waals surface area contributed by atoms with Crippen LogP contribution in [0.4, 0.5) is 5.69 Å². The lowest BCUT2D eigenvalue weighted by atomic mass is 10.1. The molecule has 19 heavy (non-hydrogen) atoms. The van der Waals surface area contributed by atoms with Crippen LogP contribution >= 0.6 is 0 Å². The molecule has 1 aliphatic rings. The fourth-order valence-electron chi connectivity index (χ4n) is 2.65. The quantitative estimate of drug-likeness (QED) is 0.887. The van der Waals surface area contributed by atoms with Crippen LogP contribution in [0.2, 0.25) is 0 Å². The molecule has 0 amide bonds. The van der Waals surface area contributed by atoms with Crippen molar-refractivity contribution in [3.63, 3.8) is 0 Å². The highest BCUT2D eigenvalue weighted by atomic mass is 15.2. The lowest BCUT2D eigenvalue weighted by molar-refractivity contribution is 0.589. The Labute approximate surface area is 114 Å². The van der Waals surface area contributed by atoms with Gasteiger partial charge in [0, 0.05) is 38.3 Å². The number of hydrogen-bond acceptors (Lipinski definition) is 3. The van der Waals surface area contributed by atoms with Gasteiger partial charge in [0.2, 0.25) is 0 Å². The van der Waals surface area contributed by atoms with Crippen molar-refractivity contribution >= 4 is 16.7 Å². The van der Waals surface area contributed by atoms with Gasteiger partial charge in [0.15, 0.2) is 0 Å². The molecule has 4 heteroatoms. The monoisotopic (exact) mass is 258 g/mol. The maximum atomic E-state index is 4.65. The van der Waals surface area contributed by atoms with E-state index >= 15 is 0 Å². The second-order valence-corrected chi connectivity index (χ2v) is 5.72. The van der Waals surface area contributed by atoms with E-state index in [1.807, 2.05) is 0 Å². The van der Waals surface area contributed by atoms with E-state index < -0.39 is 0 Å². The van der Waals surface area contributed by atoms with Crippen LogP contribution in [0, 0.1) is 5.92 Å². The fourth-order valence-corrected chi connectivity index (χ4v) is 2.65. The average molecular weight is 258 g/mol. The SMILES string of the molecule is CC(C)Cc1nc2ccc(N3CCNCC3)cc2[nH]1. The van der Waals surface area contributed by atoms with E-state index in [4.69, 9.17) is 0 Å². The maximum Gasteiger partial charge on any atom is 0.107 e. The van der Waals surface area contributed by atoms with Gasteiger partial charge in [-0.1, -0.05) is 13.8 Å². The molecule has 1 aliphatic heterocycles. The molecule has 0 unspecified atom stereocenters. The molecule has 0 aliphatic carbocycles. The van der Waals surface area contributed by atoms with Crippen molar-refractivity contribution in [2.45, 2.75) is 20.3 Å². The molecule has 2 aromatic rings. The molecular weight excluding hydrogens is 236 g/mol. The summed E-state index contributed by atoms with van der Waals surface area (Å²) >= 11 is 0. The third-order valence-electron chi connectivity index (χ3n) is 3.60. The second-order valence-electron chi connectivity index (χ2n) is 5.72. The number of anilines is 1. The summed E-state index contributed by atoms with van der Waals surface area (Å²) in [5.74, 6) is 1.73. The molecule has 1 saturated heterocycles. The first-order valence-electron chi connectivity index (χ1n) is 7.16. The molecule has 3 rings (SSSR count). The van der Waals surface area contributed by atoms with Crippen LogP contribution in [0.5, 0.6) is 0 Å². The van der Waals surface area contributed by atoms with Gasteiger partial charge in [-0.05, 0) is 24.1 Å². The molecule has 0 saturated carbocycles. The van der Waals surface area contributed by atoms with Crippen molar-refractivity contribution in [2.24, 2.45) is 5.92 Å². The Morgan fingerprint density at radius 2 is 2.05 bits per heavy atom. The van der Waals surface area contributed by atoms with Crippen molar-refractivity contribution in [1.82, 2.24) is 15.3 Å². The van der Waals surface area contributed by atoms with Gasteiger partial charge >= 0.3 is 0 Å². The van der Waals surface area contributed by atoms with Gasteiger partial charge in [0.1, 0.15) is 5.82 Å². The van der Waals surface area contributed by atoms with Crippen LogP contribution in [0.15, 0.2) is 18.2 Å². The number of H-pyrrole nitrogens is 1. The van der Waals surface area contributed by atoms with Crippen LogP contribution < -0.4 is 10.2 Å². The summed E-state index contributed by atoms with van der Waals surface area (Å²) in [4.78, 5) is 10.5.